The first kappa shape index (κ1) is 14.2. The maximum atomic E-state index is 11.0. The summed E-state index contributed by atoms with van der Waals surface area (Å²) in [7, 11) is 0. The fourth-order valence-corrected chi connectivity index (χ4v) is 2.42. The second kappa shape index (κ2) is 5.85. The molecule has 1 fully saturated rings. The number of pyridine rings is 1. The van der Waals surface area contributed by atoms with Crippen molar-refractivity contribution in [2.24, 2.45) is 5.92 Å². The highest BCUT2D eigenvalue weighted by Crippen LogP contribution is 2.31. The van der Waals surface area contributed by atoms with Gasteiger partial charge in [-0.05, 0) is 25.2 Å². The van der Waals surface area contributed by atoms with Crippen molar-refractivity contribution in [2.45, 2.75) is 38.7 Å². The number of ether oxygens (including phenoxy) is 1. The van der Waals surface area contributed by atoms with Gasteiger partial charge >= 0.3 is 11.7 Å². The lowest BCUT2D eigenvalue weighted by atomic mass is 9.89. The second-order valence-electron chi connectivity index (χ2n) is 5.12. The zero-order valence-corrected chi connectivity index (χ0v) is 11.1. The summed E-state index contributed by atoms with van der Waals surface area (Å²) < 4.78 is 5.61. The van der Waals surface area contributed by atoms with Gasteiger partial charge in [-0.3, -0.25) is 10.1 Å². The number of carboxylic acid groups (broad SMARTS) is 1. The molecule has 0 aromatic carbocycles. The molecular formula is C13H16N2O5. The van der Waals surface area contributed by atoms with Crippen LogP contribution < -0.4 is 4.74 Å². The summed E-state index contributed by atoms with van der Waals surface area (Å²) in [6.07, 6.45) is 4.81. The summed E-state index contributed by atoms with van der Waals surface area (Å²) in [5, 5.41) is 19.8. The normalized spacial score (nSPS) is 22.2. The summed E-state index contributed by atoms with van der Waals surface area (Å²) in [6.45, 7) is 2.12. The monoisotopic (exact) mass is 280 g/mol. The van der Waals surface area contributed by atoms with E-state index in [9.17, 15) is 14.9 Å². The summed E-state index contributed by atoms with van der Waals surface area (Å²) in [5.41, 5.74) is -0.621. The van der Waals surface area contributed by atoms with E-state index in [1.807, 2.05) is 0 Å². The lowest BCUT2D eigenvalue weighted by molar-refractivity contribution is -0.386. The maximum absolute atomic E-state index is 11.0. The number of rotatable bonds is 4. The van der Waals surface area contributed by atoms with E-state index in [-0.39, 0.29) is 17.5 Å². The van der Waals surface area contributed by atoms with E-state index in [1.54, 1.807) is 0 Å². The van der Waals surface area contributed by atoms with Crippen LogP contribution in [0.5, 0.6) is 5.88 Å². The molecule has 0 bridgehead atoms. The van der Waals surface area contributed by atoms with Crippen LogP contribution in [0, 0.1) is 16.0 Å². The predicted molar refractivity (Wildman–Crippen MR) is 69.9 cm³/mol. The minimum Gasteiger partial charge on any atom is -0.478 e. The molecule has 108 valence electrons. The Morgan fingerprint density at radius 2 is 2.30 bits per heavy atom. The number of carboxylic acids is 1. The van der Waals surface area contributed by atoms with Crippen LogP contribution in [0.1, 0.15) is 43.0 Å². The second-order valence-corrected chi connectivity index (χ2v) is 5.12. The molecule has 0 amide bonds. The Morgan fingerprint density at radius 3 is 2.90 bits per heavy atom. The summed E-state index contributed by atoms with van der Waals surface area (Å²) in [4.78, 5) is 24.9. The quantitative estimate of drug-likeness (QED) is 0.671. The fraction of sp³-hybridized carbons (Fsp3) is 0.538. The first-order valence-electron chi connectivity index (χ1n) is 6.51. The molecule has 1 aromatic rings. The molecule has 0 spiro atoms. The van der Waals surface area contributed by atoms with Crippen LogP contribution in [0.2, 0.25) is 0 Å². The molecule has 7 heteroatoms. The molecule has 1 heterocycles. The van der Waals surface area contributed by atoms with Crippen molar-refractivity contribution in [3.8, 4) is 5.88 Å². The number of hydrogen-bond acceptors (Lipinski definition) is 5. The van der Waals surface area contributed by atoms with Gasteiger partial charge in [-0.1, -0.05) is 13.3 Å². The highest BCUT2D eigenvalue weighted by atomic mass is 16.6. The van der Waals surface area contributed by atoms with Gasteiger partial charge in [0.05, 0.1) is 10.5 Å². The van der Waals surface area contributed by atoms with Gasteiger partial charge in [0.25, 0.3) is 5.88 Å². The van der Waals surface area contributed by atoms with E-state index < -0.39 is 16.6 Å². The van der Waals surface area contributed by atoms with Crippen LogP contribution in [0.15, 0.2) is 12.3 Å². The number of carbonyl (C=O) groups is 1. The number of aromatic carboxylic acids is 1. The third-order valence-corrected chi connectivity index (χ3v) is 3.44. The molecular weight excluding hydrogens is 264 g/mol. The first-order valence-corrected chi connectivity index (χ1v) is 6.51. The Bertz CT molecular complexity index is 531. The topological polar surface area (TPSA) is 103 Å². The molecule has 20 heavy (non-hydrogen) atoms. The van der Waals surface area contributed by atoms with E-state index in [1.165, 1.54) is 0 Å². The minimum absolute atomic E-state index is 0.0966. The number of nitrogens with zero attached hydrogens (tertiary/aromatic N) is 2. The third kappa shape index (κ3) is 3.23. The van der Waals surface area contributed by atoms with Crippen LogP contribution in [0.25, 0.3) is 0 Å². The van der Waals surface area contributed by atoms with E-state index in [0.717, 1.165) is 37.9 Å². The van der Waals surface area contributed by atoms with Gasteiger partial charge in [0.1, 0.15) is 6.10 Å². The number of hydrogen-bond donors (Lipinski definition) is 1. The predicted octanol–water partition coefficient (Wildman–Crippen LogP) is 2.65. The van der Waals surface area contributed by atoms with Crippen molar-refractivity contribution < 1.29 is 19.6 Å². The molecule has 1 aliphatic carbocycles. The van der Waals surface area contributed by atoms with Crippen LogP contribution in [0.3, 0.4) is 0 Å². The fourth-order valence-electron chi connectivity index (χ4n) is 2.42. The molecule has 2 atom stereocenters. The van der Waals surface area contributed by atoms with Gasteiger partial charge in [-0.15, -0.1) is 0 Å². The highest BCUT2D eigenvalue weighted by molar-refractivity contribution is 5.88. The molecule has 2 rings (SSSR count). The molecule has 1 saturated carbocycles. The van der Waals surface area contributed by atoms with Crippen LogP contribution in [-0.2, 0) is 0 Å². The van der Waals surface area contributed by atoms with E-state index in [0.29, 0.717) is 5.92 Å². The van der Waals surface area contributed by atoms with Gasteiger partial charge < -0.3 is 9.84 Å². The van der Waals surface area contributed by atoms with Crippen molar-refractivity contribution in [3.63, 3.8) is 0 Å². The lowest BCUT2D eigenvalue weighted by Crippen LogP contribution is -2.24. The van der Waals surface area contributed by atoms with Crippen molar-refractivity contribution in [1.29, 1.82) is 0 Å². The number of nitro groups is 1. The van der Waals surface area contributed by atoms with Crippen molar-refractivity contribution >= 4 is 11.7 Å². The van der Waals surface area contributed by atoms with E-state index >= 15 is 0 Å². The Balaban J connectivity index is 2.22. The summed E-state index contributed by atoms with van der Waals surface area (Å²) in [5.74, 6) is -0.830. The maximum Gasteiger partial charge on any atom is 0.337 e. The molecule has 0 aliphatic heterocycles. The van der Waals surface area contributed by atoms with Gasteiger partial charge in [-0.2, -0.15) is 0 Å². The standard InChI is InChI=1S/C13H16N2O5/c1-8-3-2-4-10(5-8)20-12-11(15(18)19)6-9(7-14-12)13(16)17/h6-8,10H,2-5H2,1H3,(H,16,17). The highest BCUT2D eigenvalue weighted by Gasteiger charge is 2.26. The lowest BCUT2D eigenvalue weighted by Gasteiger charge is -2.26. The average Bonchev–Trinajstić information content (AvgIpc) is 2.38. The van der Waals surface area contributed by atoms with Crippen molar-refractivity contribution in [3.05, 3.63) is 27.9 Å². The third-order valence-electron chi connectivity index (χ3n) is 3.44. The van der Waals surface area contributed by atoms with Crippen LogP contribution in [-0.4, -0.2) is 27.1 Å². The zero-order valence-electron chi connectivity index (χ0n) is 11.1. The molecule has 0 radical (unpaired) electrons. The van der Waals surface area contributed by atoms with E-state index in [4.69, 9.17) is 9.84 Å². The zero-order chi connectivity index (χ0) is 14.7. The molecule has 2 unspecified atom stereocenters. The average molecular weight is 280 g/mol. The smallest absolute Gasteiger partial charge is 0.337 e. The van der Waals surface area contributed by atoms with Gasteiger partial charge in [0, 0.05) is 12.3 Å². The summed E-state index contributed by atoms with van der Waals surface area (Å²) in [6, 6.07) is 0.983. The van der Waals surface area contributed by atoms with Gasteiger partial charge in [0.2, 0.25) is 0 Å². The number of aromatic nitrogens is 1. The minimum atomic E-state index is -1.25. The largest absolute Gasteiger partial charge is 0.478 e. The van der Waals surface area contributed by atoms with Gasteiger partial charge in [0.15, 0.2) is 0 Å². The van der Waals surface area contributed by atoms with Crippen molar-refractivity contribution in [2.75, 3.05) is 0 Å². The van der Waals surface area contributed by atoms with E-state index in [2.05, 4.69) is 11.9 Å². The first-order chi connectivity index (χ1) is 9.47. The molecule has 7 nitrogen and oxygen atoms in total. The van der Waals surface area contributed by atoms with Crippen LogP contribution >= 0.6 is 0 Å². The Hall–Kier alpha value is -2.18. The molecule has 0 saturated heterocycles. The van der Waals surface area contributed by atoms with Gasteiger partial charge in [-0.25, -0.2) is 9.78 Å². The SMILES string of the molecule is CC1CCCC(Oc2ncc(C(=O)O)cc2[N+](=O)[O-])C1. The van der Waals surface area contributed by atoms with Crippen LogP contribution in [0.4, 0.5) is 5.69 Å². The Labute approximate surface area is 115 Å². The molecule has 1 N–H and O–H groups in total. The Morgan fingerprint density at radius 1 is 1.55 bits per heavy atom. The van der Waals surface area contributed by atoms with Crippen molar-refractivity contribution in [1.82, 2.24) is 4.98 Å². The Kier molecular flexibility index (Phi) is 4.16. The summed E-state index contributed by atoms with van der Waals surface area (Å²) >= 11 is 0. The molecule has 1 aliphatic rings. The molecule has 1 aromatic heterocycles.